The van der Waals surface area contributed by atoms with E-state index in [4.69, 9.17) is 70.8 Å². The van der Waals surface area contributed by atoms with Gasteiger partial charge in [-0.25, -0.2) is 0 Å². The minimum atomic E-state index is 0.00246. The predicted octanol–water partition coefficient (Wildman–Crippen LogP) is 8.16. The van der Waals surface area contributed by atoms with Crippen LogP contribution in [-0.2, 0) is 0 Å². The fourth-order valence-corrected chi connectivity index (χ4v) is 6.23. The number of hydrogen-bond donors (Lipinski definition) is 4. The van der Waals surface area contributed by atoms with E-state index >= 15 is 0 Å². The molecule has 2 unspecified atom stereocenters. The third kappa shape index (κ3) is 8.00. The largest absolute Gasteiger partial charge is 0.362 e. The zero-order valence-corrected chi connectivity index (χ0v) is 23.9. The van der Waals surface area contributed by atoms with Crippen LogP contribution in [0.15, 0.2) is 36.4 Å². The van der Waals surface area contributed by atoms with E-state index in [1.165, 1.54) is 0 Å². The van der Waals surface area contributed by atoms with Gasteiger partial charge in [0, 0.05) is 22.6 Å². The van der Waals surface area contributed by atoms with Crippen LogP contribution in [0.2, 0.25) is 20.1 Å². The maximum atomic E-state index is 6.28. The van der Waals surface area contributed by atoms with E-state index in [-0.39, 0.29) is 16.9 Å². The normalized spacial score (nSPS) is 21.4. The monoisotopic (exact) mass is 576 g/mol. The summed E-state index contributed by atoms with van der Waals surface area (Å²) in [6.07, 6.45) is 2.99. The van der Waals surface area contributed by atoms with E-state index in [1.807, 2.05) is 12.1 Å². The van der Waals surface area contributed by atoms with E-state index in [9.17, 15) is 0 Å². The Morgan fingerprint density at radius 1 is 0.853 bits per heavy atom. The highest BCUT2D eigenvalue weighted by atomic mass is 35.5. The summed E-state index contributed by atoms with van der Waals surface area (Å²) in [6, 6.07) is 10.8. The lowest BCUT2D eigenvalue weighted by molar-refractivity contribution is 0.0807. The minimum absolute atomic E-state index is 0.00246. The van der Waals surface area contributed by atoms with Crippen molar-refractivity contribution in [2.24, 2.45) is 10.8 Å². The molecule has 1 saturated carbocycles. The van der Waals surface area contributed by atoms with Crippen LogP contribution in [0.4, 0.5) is 11.4 Å². The molecule has 2 atom stereocenters. The van der Waals surface area contributed by atoms with Gasteiger partial charge in [0.15, 0.2) is 10.2 Å². The number of rotatable bonds is 5. The van der Waals surface area contributed by atoms with Gasteiger partial charge in [0.05, 0.1) is 21.4 Å². The van der Waals surface area contributed by atoms with Crippen molar-refractivity contribution in [1.82, 2.24) is 10.6 Å². The summed E-state index contributed by atoms with van der Waals surface area (Å²) in [5, 5.41) is 16.5. The SMILES string of the molecule is CC1(C)CC(NC(=S)Nc2ccc(Cl)cc2Cl)CC(C)(CNC(=S)Nc2ccc(Cl)cc2Cl)C1. The Kier molecular flexibility index (Phi) is 9.21. The highest BCUT2D eigenvalue weighted by Crippen LogP contribution is 2.45. The molecule has 0 bridgehead atoms. The molecule has 1 fully saturated rings. The van der Waals surface area contributed by atoms with Gasteiger partial charge in [-0.2, -0.15) is 0 Å². The highest BCUT2D eigenvalue weighted by molar-refractivity contribution is 7.80. The fourth-order valence-electron chi connectivity index (χ4n) is 4.86. The van der Waals surface area contributed by atoms with Crippen molar-refractivity contribution >= 4 is 92.4 Å². The molecule has 2 aromatic rings. The number of halogens is 4. The number of thiocarbonyl (C=S) groups is 2. The molecule has 1 aliphatic rings. The van der Waals surface area contributed by atoms with Gasteiger partial charge in [-0.3, -0.25) is 0 Å². The molecular formula is C24H28Cl4N4S2. The summed E-state index contributed by atoms with van der Waals surface area (Å²) in [7, 11) is 0. The molecule has 2 aromatic carbocycles. The maximum Gasteiger partial charge on any atom is 0.171 e. The first-order chi connectivity index (χ1) is 15.8. The van der Waals surface area contributed by atoms with E-state index < -0.39 is 0 Å². The molecule has 4 N–H and O–H groups in total. The first kappa shape index (κ1) is 27.6. The van der Waals surface area contributed by atoms with Crippen molar-refractivity contribution < 1.29 is 0 Å². The Morgan fingerprint density at radius 3 is 1.91 bits per heavy atom. The Hall–Kier alpha value is -1.02. The van der Waals surface area contributed by atoms with E-state index in [0.717, 1.165) is 37.2 Å². The zero-order chi connectivity index (χ0) is 25.1. The van der Waals surface area contributed by atoms with Crippen LogP contribution in [0.5, 0.6) is 0 Å². The molecule has 1 aliphatic carbocycles. The summed E-state index contributed by atoms with van der Waals surface area (Å²) in [6.45, 7) is 7.57. The van der Waals surface area contributed by atoms with Gasteiger partial charge in [-0.05, 0) is 90.9 Å². The second-order valence-electron chi connectivity index (χ2n) is 9.91. The van der Waals surface area contributed by atoms with Crippen molar-refractivity contribution in [1.29, 1.82) is 0 Å². The first-order valence-corrected chi connectivity index (χ1v) is 13.2. The van der Waals surface area contributed by atoms with Crippen LogP contribution in [0.25, 0.3) is 0 Å². The lowest BCUT2D eigenvalue weighted by atomic mass is 9.62. The fraction of sp³-hybridized carbons (Fsp3) is 0.417. The van der Waals surface area contributed by atoms with Gasteiger partial charge < -0.3 is 21.3 Å². The van der Waals surface area contributed by atoms with E-state index in [0.29, 0.717) is 30.3 Å². The quantitative estimate of drug-likeness (QED) is 0.269. The molecule has 184 valence electrons. The van der Waals surface area contributed by atoms with Gasteiger partial charge in [0.25, 0.3) is 0 Å². The number of anilines is 2. The van der Waals surface area contributed by atoms with Crippen LogP contribution in [0.3, 0.4) is 0 Å². The number of hydrogen-bond acceptors (Lipinski definition) is 2. The third-order valence-corrected chi connectivity index (χ3v) is 7.38. The Balaban J connectivity index is 1.59. The molecule has 10 heteroatoms. The summed E-state index contributed by atoms with van der Waals surface area (Å²) in [5.41, 5.74) is 1.58. The maximum absolute atomic E-state index is 6.28. The Bertz CT molecular complexity index is 1080. The Labute approximate surface area is 232 Å². The average molecular weight is 578 g/mol. The van der Waals surface area contributed by atoms with Gasteiger partial charge in [-0.15, -0.1) is 0 Å². The molecule has 3 rings (SSSR count). The van der Waals surface area contributed by atoms with E-state index in [2.05, 4.69) is 42.0 Å². The topological polar surface area (TPSA) is 48.1 Å². The average Bonchev–Trinajstić information content (AvgIpc) is 2.69. The molecule has 0 radical (unpaired) electrons. The van der Waals surface area contributed by atoms with Crippen molar-refractivity contribution in [2.75, 3.05) is 17.2 Å². The summed E-state index contributed by atoms with van der Waals surface area (Å²) in [5.74, 6) is 0. The number of nitrogens with one attached hydrogen (secondary N) is 4. The molecule has 0 heterocycles. The van der Waals surface area contributed by atoms with E-state index in [1.54, 1.807) is 24.3 Å². The summed E-state index contributed by atoms with van der Waals surface area (Å²) in [4.78, 5) is 0. The third-order valence-electron chi connectivity index (χ3n) is 5.81. The lowest BCUT2D eigenvalue weighted by Crippen LogP contribution is -2.51. The van der Waals surface area contributed by atoms with Crippen LogP contribution in [0.1, 0.15) is 40.0 Å². The van der Waals surface area contributed by atoms with Crippen LogP contribution >= 0.6 is 70.8 Å². The van der Waals surface area contributed by atoms with Crippen LogP contribution in [-0.4, -0.2) is 22.8 Å². The van der Waals surface area contributed by atoms with Crippen molar-refractivity contribution in [3.8, 4) is 0 Å². The van der Waals surface area contributed by atoms with Crippen LogP contribution in [0, 0.1) is 10.8 Å². The van der Waals surface area contributed by atoms with Gasteiger partial charge >= 0.3 is 0 Å². The van der Waals surface area contributed by atoms with Crippen molar-refractivity contribution in [2.45, 2.75) is 46.1 Å². The van der Waals surface area contributed by atoms with Gasteiger partial charge in [-0.1, -0.05) is 67.2 Å². The molecule has 0 amide bonds. The molecule has 4 nitrogen and oxygen atoms in total. The lowest BCUT2D eigenvalue weighted by Gasteiger charge is -2.47. The molecule has 0 saturated heterocycles. The second-order valence-corrected chi connectivity index (χ2v) is 12.4. The second kappa shape index (κ2) is 11.4. The first-order valence-electron chi connectivity index (χ1n) is 10.9. The molecule has 34 heavy (non-hydrogen) atoms. The zero-order valence-electron chi connectivity index (χ0n) is 19.2. The van der Waals surface area contributed by atoms with Crippen LogP contribution < -0.4 is 21.3 Å². The molecular weight excluding hydrogens is 550 g/mol. The van der Waals surface area contributed by atoms with Gasteiger partial charge in [0.2, 0.25) is 0 Å². The summed E-state index contributed by atoms with van der Waals surface area (Å²) < 4.78 is 0. The smallest absolute Gasteiger partial charge is 0.171 e. The highest BCUT2D eigenvalue weighted by Gasteiger charge is 2.41. The number of benzene rings is 2. The minimum Gasteiger partial charge on any atom is -0.362 e. The molecule has 0 aromatic heterocycles. The van der Waals surface area contributed by atoms with Gasteiger partial charge in [0.1, 0.15) is 0 Å². The van der Waals surface area contributed by atoms with Crippen molar-refractivity contribution in [3.05, 3.63) is 56.5 Å². The Morgan fingerprint density at radius 2 is 1.38 bits per heavy atom. The standard InChI is InChI=1S/C24H28Cl4N4S2/c1-23(2)10-16(30-22(34)32-20-7-5-15(26)9-18(20)28)11-24(3,12-23)13-29-21(33)31-19-6-4-14(25)8-17(19)27/h4-9,16H,10-13H2,1-3H3,(H2,29,31,33)(H2,30,32,34). The summed E-state index contributed by atoms with van der Waals surface area (Å²) >= 11 is 35.6. The van der Waals surface area contributed by atoms with Crippen molar-refractivity contribution in [3.63, 3.8) is 0 Å². The predicted molar refractivity (Wildman–Crippen MR) is 156 cm³/mol. The molecule has 0 spiro atoms. The molecule has 0 aliphatic heterocycles.